The molecule has 0 bridgehead atoms. The summed E-state index contributed by atoms with van der Waals surface area (Å²) in [6.07, 6.45) is 2.74. The molecule has 2 aliphatic rings. The summed E-state index contributed by atoms with van der Waals surface area (Å²) in [7, 11) is 0. The van der Waals surface area contributed by atoms with Gasteiger partial charge in [0, 0.05) is 37.3 Å². The largest absolute Gasteiger partial charge is 0.377 e. The fourth-order valence-electron chi connectivity index (χ4n) is 3.06. The van der Waals surface area contributed by atoms with Crippen molar-refractivity contribution in [2.45, 2.75) is 31.5 Å². The van der Waals surface area contributed by atoms with Crippen LogP contribution in [0.15, 0.2) is 18.2 Å². The fraction of sp³-hybridized carbons (Fsp3) is 0.571. The van der Waals surface area contributed by atoms with Crippen LogP contribution < -0.4 is 5.73 Å². The average molecular weight is 267 g/mol. The van der Waals surface area contributed by atoms with Gasteiger partial charge in [0.2, 0.25) is 0 Å². The third-order valence-corrected chi connectivity index (χ3v) is 4.20. The number of hydrogen-bond donors (Lipinski definition) is 1. The van der Waals surface area contributed by atoms with Crippen molar-refractivity contribution in [2.24, 2.45) is 5.73 Å². The highest BCUT2D eigenvalue weighted by atomic mass is 35.5. The summed E-state index contributed by atoms with van der Waals surface area (Å²) >= 11 is 6.08. The number of ether oxygens (including phenoxy) is 1. The summed E-state index contributed by atoms with van der Waals surface area (Å²) in [4.78, 5) is 2.43. The lowest BCUT2D eigenvalue weighted by Gasteiger charge is -2.26. The maximum atomic E-state index is 6.08. The summed E-state index contributed by atoms with van der Waals surface area (Å²) in [6, 6.07) is 6.44. The molecule has 0 aliphatic carbocycles. The maximum Gasteiger partial charge on any atom is 0.0703 e. The van der Waals surface area contributed by atoms with Crippen molar-refractivity contribution >= 4 is 11.6 Å². The lowest BCUT2D eigenvalue weighted by molar-refractivity contribution is 0.0609. The second kappa shape index (κ2) is 5.17. The summed E-state index contributed by atoms with van der Waals surface area (Å²) in [6.45, 7) is 3.49. The van der Waals surface area contributed by atoms with Crippen LogP contribution in [0.1, 0.15) is 30.0 Å². The van der Waals surface area contributed by atoms with Gasteiger partial charge in [0.05, 0.1) is 6.10 Å². The molecular formula is C14H19ClN2O. The molecular weight excluding hydrogens is 248 g/mol. The van der Waals surface area contributed by atoms with Crippen molar-refractivity contribution in [3.8, 4) is 0 Å². The number of fused-ring (bicyclic) bond motifs is 1. The van der Waals surface area contributed by atoms with Crippen molar-refractivity contribution in [1.82, 2.24) is 4.90 Å². The molecule has 3 nitrogen and oxygen atoms in total. The summed E-state index contributed by atoms with van der Waals surface area (Å²) in [5.41, 5.74) is 8.59. The molecule has 2 unspecified atom stereocenters. The minimum Gasteiger partial charge on any atom is -0.377 e. The van der Waals surface area contributed by atoms with E-state index in [4.69, 9.17) is 22.1 Å². The van der Waals surface area contributed by atoms with Crippen LogP contribution in [0.5, 0.6) is 0 Å². The molecule has 1 saturated heterocycles. The standard InChI is InChI=1S/C14H19ClN2O/c15-11-4-3-10-8-17(9-12-2-1-5-18-12)14(7-16)13(10)6-11/h3-4,6,12,14H,1-2,5,7-9,16H2. The Hall–Kier alpha value is -0.610. The lowest BCUT2D eigenvalue weighted by atomic mass is 10.1. The van der Waals surface area contributed by atoms with Crippen molar-refractivity contribution in [2.75, 3.05) is 19.7 Å². The molecule has 2 aliphatic heterocycles. The molecule has 0 radical (unpaired) electrons. The minimum atomic E-state index is 0.294. The van der Waals surface area contributed by atoms with Gasteiger partial charge in [-0.2, -0.15) is 0 Å². The normalized spacial score (nSPS) is 27.7. The first-order valence-electron chi connectivity index (χ1n) is 6.62. The van der Waals surface area contributed by atoms with E-state index in [0.717, 1.165) is 24.7 Å². The maximum absolute atomic E-state index is 6.08. The van der Waals surface area contributed by atoms with E-state index < -0.39 is 0 Å². The van der Waals surface area contributed by atoms with E-state index >= 15 is 0 Å². The van der Waals surface area contributed by atoms with Gasteiger partial charge in [-0.1, -0.05) is 17.7 Å². The van der Waals surface area contributed by atoms with Gasteiger partial charge in [0.1, 0.15) is 0 Å². The van der Waals surface area contributed by atoms with E-state index in [2.05, 4.69) is 17.0 Å². The van der Waals surface area contributed by atoms with Crippen LogP contribution in [0.25, 0.3) is 0 Å². The van der Waals surface area contributed by atoms with Crippen molar-refractivity contribution in [1.29, 1.82) is 0 Å². The number of hydrogen-bond acceptors (Lipinski definition) is 3. The highest BCUT2D eigenvalue weighted by Crippen LogP contribution is 2.35. The highest BCUT2D eigenvalue weighted by Gasteiger charge is 2.31. The Labute approximate surface area is 113 Å². The quantitative estimate of drug-likeness (QED) is 0.913. The van der Waals surface area contributed by atoms with Crippen molar-refractivity contribution in [3.63, 3.8) is 0 Å². The van der Waals surface area contributed by atoms with Gasteiger partial charge in [0.15, 0.2) is 0 Å². The van der Waals surface area contributed by atoms with Crippen LogP contribution in [0.3, 0.4) is 0 Å². The Balaban J connectivity index is 1.77. The molecule has 2 N–H and O–H groups in total. The SMILES string of the molecule is NCC1c2cc(Cl)ccc2CN1CC1CCCO1. The number of nitrogens with two attached hydrogens (primary N) is 1. The van der Waals surface area contributed by atoms with Crippen LogP contribution >= 0.6 is 11.6 Å². The van der Waals surface area contributed by atoms with Crippen molar-refractivity contribution < 1.29 is 4.74 Å². The topological polar surface area (TPSA) is 38.5 Å². The molecule has 0 amide bonds. The van der Waals surface area contributed by atoms with Crippen LogP contribution in [0, 0.1) is 0 Å². The van der Waals surface area contributed by atoms with Crippen LogP contribution in [0.4, 0.5) is 0 Å². The first-order valence-corrected chi connectivity index (χ1v) is 7.00. The van der Waals surface area contributed by atoms with Crippen LogP contribution in [-0.2, 0) is 11.3 Å². The molecule has 1 aromatic carbocycles. The van der Waals surface area contributed by atoms with E-state index in [1.165, 1.54) is 24.0 Å². The molecule has 1 fully saturated rings. The van der Waals surface area contributed by atoms with E-state index in [0.29, 0.717) is 18.7 Å². The van der Waals surface area contributed by atoms with E-state index in [-0.39, 0.29) is 0 Å². The third-order valence-electron chi connectivity index (χ3n) is 3.97. The minimum absolute atomic E-state index is 0.294. The Morgan fingerprint density at radius 1 is 1.44 bits per heavy atom. The Morgan fingerprint density at radius 2 is 2.33 bits per heavy atom. The van der Waals surface area contributed by atoms with Gasteiger partial charge in [-0.3, -0.25) is 4.90 Å². The Kier molecular flexibility index (Phi) is 3.57. The van der Waals surface area contributed by atoms with Crippen LogP contribution in [-0.4, -0.2) is 30.7 Å². The first kappa shape index (κ1) is 12.4. The fourth-order valence-corrected chi connectivity index (χ4v) is 3.24. The predicted molar refractivity (Wildman–Crippen MR) is 72.6 cm³/mol. The van der Waals surface area contributed by atoms with Crippen LogP contribution in [0.2, 0.25) is 5.02 Å². The predicted octanol–water partition coefficient (Wildman–Crippen LogP) is 2.33. The first-order chi connectivity index (χ1) is 8.78. The van der Waals surface area contributed by atoms with Gasteiger partial charge in [0.25, 0.3) is 0 Å². The average Bonchev–Trinajstić information content (AvgIpc) is 2.96. The summed E-state index contributed by atoms with van der Waals surface area (Å²) in [5.74, 6) is 0. The van der Waals surface area contributed by atoms with E-state index in [9.17, 15) is 0 Å². The zero-order valence-corrected chi connectivity index (χ0v) is 11.2. The van der Waals surface area contributed by atoms with Gasteiger partial charge in [-0.25, -0.2) is 0 Å². The van der Waals surface area contributed by atoms with Gasteiger partial charge >= 0.3 is 0 Å². The molecule has 2 atom stereocenters. The molecule has 4 heteroatoms. The number of benzene rings is 1. The van der Waals surface area contributed by atoms with Gasteiger partial charge in [-0.05, 0) is 36.1 Å². The number of nitrogens with zero attached hydrogens (tertiary/aromatic N) is 1. The zero-order chi connectivity index (χ0) is 12.5. The molecule has 0 saturated carbocycles. The second-order valence-electron chi connectivity index (χ2n) is 5.16. The molecule has 98 valence electrons. The molecule has 2 heterocycles. The second-order valence-corrected chi connectivity index (χ2v) is 5.60. The molecule has 3 rings (SSSR count). The smallest absolute Gasteiger partial charge is 0.0703 e. The third kappa shape index (κ3) is 2.28. The van der Waals surface area contributed by atoms with Gasteiger partial charge < -0.3 is 10.5 Å². The summed E-state index contributed by atoms with van der Waals surface area (Å²) in [5, 5.41) is 0.797. The molecule has 0 aromatic heterocycles. The van der Waals surface area contributed by atoms with E-state index in [1.807, 2.05) is 6.07 Å². The number of halogens is 1. The molecule has 18 heavy (non-hydrogen) atoms. The molecule has 0 spiro atoms. The Bertz CT molecular complexity index is 432. The Morgan fingerprint density at radius 3 is 3.06 bits per heavy atom. The monoisotopic (exact) mass is 266 g/mol. The highest BCUT2D eigenvalue weighted by molar-refractivity contribution is 6.30. The lowest BCUT2D eigenvalue weighted by Crippen LogP contribution is -2.34. The van der Waals surface area contributed by atoms with Crippen molar-refractivity contribution in [3.05, 3.63) is 34.3 Å². The summed E-state index contributed by atoms with van der Waals surface area (Å²) < 4.78 is 5.72. The van der Waals surface area contributed by atoms with Gasteiger partial charge in [-0.15, -0.1) is 0 Å². The zero-order valence-electron chi connectivity index (χ0n) is 10.4. The number of rotatable bonds is 3. The molecule has 1 aromatic rings. The van der Waals surface area contributed by atoms with E-state index in [1.54, 1.807) is 0 Å².